The average Bonchev–Trinajstić information content (AvgIpc) is 2.84. The van der Waals surface area contributed by atoms with Gasteiger partial charge in [0.1, 0.15) is 5.01 Å². The standard InChI is InChI=1S/C11H18N4O3S/c1-3-8(16)12-7-9(17)13-11-15-14-10(19-11)5-6-18-4-2/h3-7H2,1-2H3,(H,12,16)(H,13,15,17). The lowest BCUT2D eigenvalue weighted by atomic mass is 10.4. The zero-order valence-electron chi connectivity index (χ0n) is 11.1. The summed E-state index contributed by atoms with van der Waals surface area (Å²) in [4.78, 5) is 22.5. The normalized spacial score (nSPS) is 10.2. The van der Waals surface area contributed by atoms with Crippen molar-refractivity contribution in [3.63, 3.8) is 0 Å². The molecule has 0 bridgehead atoms. The molecule has 8 heteroatoms. The predicted molar refractivity (Wildman–Crippen MR) is 72.0 cm³/mol. The van der Waals surface area contributed by atoms with Crippen LogP contribution < -0.4 is 10.6 Å². The molecule has 106 valence electrons. The van der Waals surface area contributed by atoms with E-state index in [1.807, 2.05) is 6.92 Å². The highest BCUT2D eigenvalue weighted by atomic mass is 32.1. The number of rotatable bonds is 8. The maximum atomic E-state index is 11.5. The molecule has 0 fully saturated rings. The molecule has 0 saturated heterocycles. The summed E-state index contributed by atoms with van der Waals surface area (Å²) in [5.74, 6) is -0.473. The smallest absolute Gasteiger partial charge is 0.245 e. The van der Waals surface area contributed by atoms with Crippen molar-refractivity contribution in [3.05, 3.63) is 5.01 Å². The number of hydrogen-bond acceptors (Lipinski definition) is 6. The monoisotopic (exact) mass is 286 g/mol. The van der Waals surface area contributed by atoms with E-state index < -0.39 is 0 Å². The van der Waals surface area contributed by atoms with Gasteiger partial charge < -0.3 is 10.1 Å². The zero-order valence-corrected chi connectivity index (χ0v) is 11.9. The third-order valence-corrected chi connectivity index (χ3v) is 3.04. The van der Waals surface area contributed by atoms with Crippen molar-refractivity contribution in [2.75, 3.05) is 25.1 Å². The van der Waals surface area contributed by atoms with Gasteiger partial charge in [-0.3, -0.25) is 14.9 Å². The lowest BCUT2D eigenvalue weighted by Gasteiger charge is -2.02. The first kappa shape index (κ1) is 15.5. The molecule has 1 heterocycles. The number of aromatic nitrogens is 2. The highest BCUT2D eigenvalue weighted by Gasteiger charge is 2.08. The summed E-state index contributed by atoms with van der Waals surface area (Å²) in [7, 11) is 0. The molecule has 2 amide bonds. The van der Waals surface area contributed by atoms with Gasteiger partial charge in [-0.2, -0.15) is 0 Å². The van der Waals surface area contributed by atoms with E-state index in [4.69, 9.17) is 4.74 Å². The molecule has 0 spiro atoms. The molecule has 1 aromatic heterocycles. The van der Waals surface area contributed by atoms with Crippen molar-refractivity contribution in [2.24, 2.45) is 0 Å². The SMILES string of the molecule is CCOCCc1nnc(NC(=O)CNC(=O)CC)s1. The first-order chi connectivity index (χ1) is 9.15. The minimum absolute atomic E-state index is 0.0550. The first-order valence-corrected chi connectivity index (χ1v) is 6.94. The van der Waals surface area contributed by atoms with Gasteiger partial charge in [-0.05, 0) is 6.92 Å². The van der Waals surface area contributed by atoms with Crippen molar-refractivity contribution in [1.29, 1.82) is 0 Å². The molecule has 1 rings (SSSR count). The van der Waals surface area contributed by atoms with Gasteiger partial charge in [-0.25, -0.2) is 0 Å². The van der Waals surface area contributed by atoms with Gasteiger partial charge in [0.15, 0.2) is 0 Å². The summed E-state index contributed by atoms with van der Waals surface area (Å²) in [6.07, 6.45) is 1.03. The van der Waals surface area contributed by atoms with Crippen LogP contribution in [0.15, 0.2) is 0 Å². The number of carbonyl (C=O) groups excluding carboxylic acids is 2. The molecule has 0 radical (unpaired) electrons. The number of nitrogens with zero attached hydrogens (tertiary/aromatic N) is 2. The highest BCUT2D eigenvalue weighted by Crippen LogP contribution is 2.15. The highest BCUT2D eigenvalue weighted by molar-refractivity contribution is 7.15. The van der Waals surface area contributed by atoms with Gasteiger partial charge in [0.2, 0.25) is 16.9 Å². The topological polar surface area (TPSA) is 93.2 Å². The summed E-state index contributed by atoms with van der Waals surface area (Å²) in [6.45, 7) is 4.85. The molecule has 0 aliphatic carbocycles. The molecule has 0 unspecified atom stereocenters. The Kier molecular flexibility index (Phi) is 6.98. The molecule has 19 heavy (non-hydrogen) atoms. The summed E-state index contributed by atoms with van der Waals surface area (Å²) in [6, 6.07) is 0. The van der Waals surface area contributed by atoms with E-state index in [2.05, 4.69) is 20.8 Å². The van der Waals surface area contributed by atoms with Crippen LogP contribution in [0, 0.1) is 0 Å². The van der Waals surface area contributed by atoms with Gasteiger partial charge >= 0.3 is 0 Å². The van der Waals surface area contributed by atoms with E-state index in [0.29, 0.717) is 31.2 Å². The van der Waals surface area contributed by atoms with Crippen LogP contribution in [0.25, 0.3) is 0 Å². The van der Waals surface area contributed by atoms with Gasteiger partial charge in [0, 0.05) is 19.4 Å². The Morgan fingerprint density at radius 3 is 2.74 bits per heavy atom. The molecule has 0 saturated carbocycles. The van der Waals surface area contributed by atoms with Crippen LogP contribution in [0.4, 0.5) is 5.13 Å². The minimum atomic E-state index is -0.311. The number of nitrogens with one attached hydrogen (secondary N) is 2. The van der Waals surface area contributed by atoms with E-state index in [1.165, 1.54) is 11.3 Å². The fourth-order valence-electron chi connectivity index (χ4n) is 1.18. The minimum Gasteiger partial charge on any atom is -0.381 e. The van der Waals surface area contributed by atoms with E-state index in [0.717, 1.165) is 5.01 Å². The summed E-state index contributed by atoms with van der Waals surface area (Å²) < 4.78 is 5.21. The molecule has 2 N–H and O–H groups in total. The molecule has 0 atom stereocenters. The van der Waals surface area contributed by atoms with E-state index in [1.54, 1.807) is 6.92 Å². The van der Waals surface area contributed by atoms with Crippen LogP contribution in [0.1, 0.15) is 25.3 Å². The number of anilines is 1. The summed E-state index contributed by atoms with van der Waals surface area (Å²) in [5.41, 5.74) is 0. The van der Waals surface area contributed by atoms with Crippen molar-refractivity contribution in [3.8, 4) is 0 Å². The van der Waals surface area contributed by atoms with Crippen LogP contribution in [-0.2, 0) is 20.7 Å². The van der Waals surface area contributed by atoms with E-state index in [9.17, 15) is 9.59 Å². The van der Waals surface area contributed by atoms with Gasteiger partial charge in [-0.1, -0.05) is 18.3 Å². The Hall–Kier alpha value is -1.54. The van der Waals surface area contributed by atoms with Crippen molar-refractivity contribution >= 4 is 28.3 Å². The largest absolute Gasteiger partial charge is 0.381 e. The Bertz CT molecular complexity index is 422. The second-order valence-electron chi connectivity index (χ2n) is 3.63. The van der Waals surface area contributed by atoms with Gasteiger partial charge in [0.25, 0.3) is 0 Å². The Balaban J connectivity index is 2.32. The number of ether oxygens (including phenoxy) is 1. The first-order valence-electron chi connectivity index (χ1n) is 6.12. The van der Waals surface area contributed by atoms with Crippen LogP contribution in [0.3, 0.4) is 0 Å². The second-order valence-corrected chi connectivity index (χ2v) is 4.69. The average molecular weight is 286 g/mol. The van der Waals surface area contributed by atoms with E-state index >= 15 is 0 Å². The van der Waals surface area contributed by atoms with Crippen LogP contribution in [-0.4, -0.2) is 41.8 Å². The van der Waals surface area contributed by atoms with E-state index in [-0.39, 0.29) is 18.4 Å². The maximum absolute atomic E-state index is 11.5. The molecule has 1 aromatic rings. The number of carbonyl (C=O) groups is 2. The summed E-state index contributed by atoms with van der Waals surface area (Å²) in [5, 5.41) is 14.1. The molecular formula is C11H18N4O3S. The van der Waals surface area contributed by atoms with Crippen LogP contribution in [0.2, 0.25) is 0 Å². The third kappa shape index (κ3) is 6.25. The molecule has 0 aromatic carbocycles. The van der Waals surface area contributed by atoms with Crippen LogP contribution >= 0.6 is 11.3 Å². The Morgan fingerprint density at radius 1 is 1.26 bits per heavy atom. The predicted octanol–water partition coefficient (Wildman–Crippen LogP) is 0.582. The van der Waals surface area contributed by atoms with Crippen molar-refractivity contribution in [2.45, 2.75) is 26.7 Å². The molecular weight excluding hydrogens is 268 g/mol. The fourth-order valence-corrected chi connectivity index (χ4v) is 1.91. The quantitative estimate of drug-likeness (QED) is 0.682. The van der Waals surface area contributed by atoms with Crippen LogP contribution in [0.5, 0.6) is 0 Å². The van der Waals surface area contributed by atoms with Crippen molar-refractivity contribution < 1.29 is 14.3 Å². The fraction of sp³-hybridized carbons (Fsp3) is 0.636. The zero-order chi connectivity index (χ0) is 14.1. The summed E-state index contributed by atoms with van der Waals surface area (Å²) >= 11 is 1.30. The molecule has 0 aliphatic rings. The Morgan fingerprint density at radius 2 is 2.05 bits per heavy atom. The second kappa shape index (κ2) is 8.54. The Labute approximate surface area is 115 Å². The molecule has 7 nitrogen and oxygen atoms in total. The number of hydrogen-bond donors (Lipinski definition) is 2. The lowest BCUT2D eigenvalue weighted by Crippen LogP contribution is -2.32. The van der Waals surface area contributed by atoms with Gasteiger partial charge in [-0.15, -0.1) is 10.2 Å². The van der Waals surface area contributed by atoms with Gasteiger partial charge in [0.05, 0.1) is 13.2 Å². The third-order valence-electron chi connectivity index (χ3n) is 2.14. The molecule has 0 aliphatic heterocycles. The number of amides is 2. The maximum Gasteiger partial charge on any atom is 0.245 e. The lowest BCUT2D eigenvalue weighted by molar-refractivity contribution is -0.123. The van der Waals surface area contributed by atoms with Crippen molar-refractivity contribution in [1.82, 2.24) is 15.5 Å².